The first-order valence-electron chi connectivity index (χ1n) is 9.83. The summed E-state index contributed by atoms with van der Waals surface area (Å²) in [6.07, 6.45) is 15.2. The average molecular weight is 309 g/mol. The van der Waals surface area contributed by atoms with E-state index in [9.17, 15) is 0 Å². The van der Waals surface area contributed by atoms with Crippen LogP contribution >= 0.6 is 0 Å². The largest absolute Gasteiger partial charge is 0.378 e. The monoisotopic (exact) mass is 308 g/mol. The highest BCUT2D eigenvalue weighted by Crippen LogP contribution is 2.53. The fourth-order valence-electron chi connectivity index (χ4n) is 4.30. The van der Waals surface area contributed by atoms with Gasteiger partial charge in [0.2, 0.25) is 0 Å². The molecule has 0 aromatic carbocycles. The third-order valence-electron chi connectivity index (χ3n) is 5.23. The van der Waals surface area contributed by atoms with Crippen molar-refractivity contribution in [2.45, 2.75) is 104 Å². The zero-order valence-electron chi connectivity index (χ0n) is 15.8. The predicted molar refractivity (Wildman–Crippen MR) is 98.3 cm³/mol. The minimum Gasteiger partial charge on any atom is -0.378 e. The predicted octanol–water partition coefficient (Wildman–Crippen LogP) is 6.91. The molecule has 1 heteroatoms. The Kier molecular flexibility index (Phi) is 9.40. The van der Waals surface area contributed by atoms with Crippen molar-refractivity contribution in [3.8, 4) is 0 Å². The van der Waals surface area contributed by atoms with Gasteiger partial charge in [-0.1, -0.05) is 45.8 Å². The minimum absolute atomic E-state index is 0.457. The van der Waals surface area contributed by atoms with Crippen LogP contribution < -0.4 is 0 Å². The van der Waals surface area contributed by atoms with Crippen molar-refractivity contribution in [1.29, 1.82) is 0 Å². The summed E-state index contributed by atoms with van der Waals surface area (Å²) in [7, 11) is 0. The Morgan fingerprint density at radius 1 is 1.27 bits per heavy atom. The molecule has 2 aliphatic rings. The molecule has 0 aliphatic heterocycles. The van der Waals surface area contributed by atoms with Crippen LogP contribution in [-0.4, -0.2) is 12.7 Å². The number of hydrogen-bond donors (Lipinski definition) is 0. The fourth-order valence-corrected chi connectivity index (χ4v) is 4.30. The van der Waals surface area contributed by atoms with Gasteiger partial charge in [-0.2, -0.15) is 0 Å². The highest BCUT2D eigenvalue weighted by Gasteiger charge is 2.40. The van der Waals surface area contributed by atoms with E-state index in [2.05, 4.69) is 34.3 Å². The van der Waals surface area contributed by atoms with E-state index in [0.717, 1.165) is 12.5 Å². The molecule has 3 atom stereocenters. The zero-order chi connectivity index (χ0) is 16.4. The molecular formula is C21H40O. The highest BCUT2D eigenvalue weighted by atomic mass is 16.5. The highest BCUT2D eigenvalue weighted by molar-refractivity contribution is 5.07. The molecule has 2 fully saturated rings. The Bertz CT molecular complexity index is 309. The number of unbranched alkanes of at least 4 members (excludes halogenated alkanes) is 1. The summed E-state index contributed by atoms with van der Waals surface area (Å²) in [5.74, 6) is 0.905. The molecule has 0 bridgehead atoms. The van der Waals surface area contributed by atoms with E-state index >= 15 is 0 Å². The molecule has 0 aromatic rings. The molecule has 0 heterocycles. The second-order valence-corrected chi connectivity index (χ2v) is 7.87. The van der Waals surface area contributed by atoms with Crippen LogP contribution in [-0.2, 0) is 4.74 Å². The maximum atomic E-state index is 5.92. The third-order valence-corrected chi connectivity index (χ3v) is 5.23. The van der Waals surface area contributed by atoms with Gasteiger partial charge in [-0.25, -0.2) is 0 Å². The minimum atomic E-state index is 0.457. The summed E-state index contributed by atoms with van der Waals surface area (Å²) in [5, 5.41) is 0. The van der Waals surface area contributed by atoms with Crippen LogP contribution in [0.15, 0.2) is 12.2 Å². The van der Waals surface area contributed by atoms with Crippen LogP contribution in [0.1, 0.15) is 98.3 Å². The summed E-state index contributed by atoms with van der Waals surface area (Å²) < 4.78 is 5.92. The summed E-state index contributed by atoms with van der Waals surface area (Å²) in [6.45, 7) is 13.9. The van der Waals surface area contributed by atoms with E-state index in [1.54, 1.807) is 0 Å². The van der Waals surface area contributed by atoms with Gasteiger partial charge >= 0.3 is 0 Å². The van der Waals surface area contributed by atoms with Crippen molar-refractivity contribution in [2.24, 2.45) is 11.3 Å². The maximum Gasteiger partial charge on any atom is 0.0549 e. The molecule has 0 saturated heterocycles. The van der Waals surface area contributed by atoms with Crippen LogP contribution in [0.5, 0.6) is 0 Å². The molecule has 0 aromatic heterocycles. The number of hydrogen-bond acceptors (Lipinski definition) is 1. The first-order valence-corrected chi connectivity index (χ1v) is 9.83. The van der Waals surface area contributed by atoms with Crippen LogP contribution in [0, 0.1) is 11.3 Å². The molecule has 130 valence electrons. The van der Waals surface area contributed by atoms with E-state index in [0.29, 0.717) is 11.5 Å². The smallest absolute Gasteiger partial charge is 0.0549 e. The lowest BCUT2D eigenvalue weighted by Crippen LogP contribution is -2.22. The summed E-state index contributed by atoms with van der Waals surface area (Å²) >= 11 is 0. The fraction of sp³-hybridized carbons (Fsp3) is 0.905. The lowest BCUT2D eigenvalue weighted by Gasteiger charge is -2.35. The van der Waals surface area contributed by atoms with Gasteiger partial charge in [-0.05, 0) is 76.0 Å². The molecule has 1 nitrogen and oxygen atoms in total. The first kappa shape index (κ1) is 19.7. The van der Waals surface area contributed by atoms with Crippen molar-refractivity contribution in [3.05, 3.63) is 12.2 Å². The number of ether oxygens (including phenoxy) is 1. The van der Waals surface area contributed by atoms with E-state index in [-0.39, 0.29) is 0 Å². The number of allylic oxidation sites excluding steroid dienone is 1. The zero-order valence-corrected chi connectivity index (χ0v) is 15.8. The summed E-state index contributed by atoms with van der Waals surface area (Å²) in [6, 6.07) is 0. The van der Waals surface area contributed by atoms with Crippen molar-refractivity contribution in [3.63, 3.8) is 0 Å². The first-order chi connectivity index (χ1) is 10.5. The van der Waals surface area contributed by atoms with Crippen LogP contribution in [0.2, 0.25) is 0 Å². The van der Waals surface area contributed by atoms with E-state index < -0.39 is 0 Å². The molecule has 0 radical (unpaired) electrons. The van der Waals surface area contributed by atoms with E-state index in [1.807, 2.05) is 0 Å². The molecule has 2 rings (SSSR count). The summed E-state index contributed by atoms with van der Waals surface area (Å²) in [5.41, 5.74) is 2.16. The van der Waals surface area contributed by atoms with E-state index in [4.69, 9.17) is 4.74 Å². The van der Waals surface area contributed by atoms with Crippen molar-refractivity contribution < 1.29 is 4.74 Å². The lowest BCUT2D eigenvalue weighted by atomic mass is 9.70. The van der Waals surface area contributed by atoms with Gasteiger partial charge < -0.3 is 4.74 Å². The Labute approximate surface area is 139 Å². The number of rotatable bonds is 6. The standard InChI is InChI=1S/C18H32O.C3H8/c1-4-5-11-19-16(3)12-17-8-10-18(14-17)9-6-7-15(2)13-18;1-3-2/h16-17H,2,4-14H2,1,3H3;3H2,1-2H3/t16?,17-,18+;/m1./s1. The molecule has 2 saturated carbocycles. The molecule has 0 N–H and O–H groups in total. The molecule has 2 aliphatic carbocycles. The quantitative estimate of drug-likeness (QED) is 0.382. The summed E-state index contributed by atoms with van der Waals surface area (Å²) in [4.78, 5) is 0. The van der Waals surface area contributed by atoms with Gasteiger partial charge in [0.05, 0.1) is 6.10 Å². The Morgan fingerprint density at radius 3 is 2.64 bits per heavy atom. The van der Waals surface area contributed by atoms with Crippen LogP contribution in [0.3, 0.4) is 0 Å². The van der Waals surface area contributed by atoms with Crippen molar-refractivity contribution in [2.75, 3.05) is 6.61 Å². The van der Waals surface area contributed by atoms with Gasteiger partial charge in [0.25, 0.3) is 0 Å². The second kappa shape index (κ2) is 10.5. The third kappa shape index (κ3) is 6.86. The second-order valence-electron chi connectivity index (χ2n) is 7.87. The van der Waals surface area contributed by atoms with Crippen LogP contribution in [0.25, 0.3) is 0 Å². The maximum absolute atomic E-state index is 5.92. The molecule has 1 spiro atoms. The van der Waals surface area contributed by atoms with Gasteiger partial charge in [-0.3, -0.25) is 0 Å². The Hall–Kier alpha value is -0.300. The van der Waals surface area contributed by atoms with Crippen molar-refractivity contribution in [1.82, 2.24) is 0 Å². The van der Waals surface area contributed by atoms with Crippen molar-refractivity contribution >= 4 is 0 Å². The SMILES string of the molecule is C=C1CCC[C@]2(CC[C@H](CC(C)OCCCC)C2)C1.CCC. The Balaban J connectivity index is 0.000000745. The average Bonchev–Trinajstić information content (AvgIpc) is 2.82. The molecular weight excluding hydrogens is 268 g/mol. The topological polar surface area (TPSA) is 9.23 Å². The van der Waals surface area contributed by atoms with Gasteiger partial charge in [0, 0.05) is 6.61 Å². The van der Waals surface area contributed by atoms with Gasteiger partial charge in [0.1, 0.15) is 0 Å². The van der Waals surface area contributed by atoms with Gasteiger partial charge in [0.15, 0.2) is 0 Å². The van der Waals surface area contributed by atoms with Gasteiger partial charge in [-0.15, -0.1) is 0 Å². The molecule has 1 unspecified atom stereocenters. The Morgan fingerprint density at radius 2 is 2.00 bits per heavy atom. The lowest BCUT2D eigenvalue weighted by molar-refractivity contribution is 0.0457. The normalized spacial score (nSPS) is 29.3. The molecule has 0 amide bonds. The molecule has 22 heavy (non-hydrogen) atoms. The van der Waals surface area contributed by atoms with E-state index in [1.165, 1.54) is 76.2 Å². The van der Waals surface area contributed by atoms with Crippen LogP contribution in [0.4, 0.5) is 0 Å².